The standard InChI is InChI=1S/C22H22ClN5O2/c1-16(30-20-8-3-2-6-17(20)23)22(29)28-14-12-27(13-15-28)21-10-9-19(25-26-21)18-7-4-5-11-24-18/h2-11,16H,12-15H2,1H3. The summed E-state index contributed by atoms with van der Waals surface area (Å²) in [4.78, 5) is 21.0. The Balaban J connectivity index is 1.33. The second kappa shape index (κ2) is 9.09. The van der Waals surface area contributed by atoms with Gasteiger partial charge >= 0.3 is 0 Å². The number of anilines is 1. The number of para-hydroxylation sites is 1. The Morgan fingerprint density at radius 3 is 2.40 bits per heavy atom. The minimum atomic E-state index is -0.603. The summed E-state index contributed by atoms with van der Waals surface area (Å²) >= 11 is 6.12. The number of carbonyl (C=O) groups excluding carboxylic acids is 1. The van der Waals surface area contributed by atoms with Crippen molar-refractivity contribution < 1.29 is 9.53 Å². The molecule has 1 saturated heterocycles. The summed E-state index contributed by atoms with van der Waals surface area (Å²) < 4.78 is 5.76. The van der Waals surface area contributed by atoms with Crippen LogP contribution in [0.3, 0.4) is 0 Å². The lowest BCUT2D eigenvalue weighted by molar-refractivity contribution is -0.138. The Kier molecular flexibility index (Phi) is 6.09. The fourth-order valence-electron chi connectivity index (χ4n) is 3.34. The van der Waals surface area contributed by atoms with Crippen LogP contribution in [-0.2, 0) is 4.79 Å². The van der Waals surface area contributed by atoms with Crippen LogP contribution >= 0.6 is 11.6 Å². The summed E-state index contributed by atoms with van der Waals surface area (Å²) in [6, 6.07) is 16.7. The van der Waals surface area contributed by atoms with Crippen molar-refractivity contribution in [2.75, 3.05) is 31.1 Å². The van der Waals surface area contributed by atoms with Crippen molar-refractivity contribution in [3.8, 4) is 17.1 Å². The van der Waals surface area contributed by atoms with E-state index in [0.717, 1.165) is 17.2 Å². The molecule has 1 aliphatic heterocycles. The molecule has 0 radical (unpaired) electrons. The molecule has 1 amide bonds. The van der Waals surface area contributed by atoms with Crippen molar-refractivity contribution in [3.05, 3.63) is 65.8 Å². The fraction of sp³-hybridized carbons (Fsp3) is 0.273. The van der Waals surface area contributed by atoms with Gasteiger partial charge in [-0.15, -0.1) is 10.2 Å². The maximum absolute atomic E-state index is 12.8. The number of nitrogens with zero attached hydrogens (tertiary/aromatic N) is 5. The molecule has 0 N–H and O–H groups in total. The minimum Gasteiger partial charge on any atom is -0.479 e. The number of benzene rings is 1. The van der Waals surface area contributed by atoms with Crippen LogP contribution in [0.4, 0.5) is 5.82 Å². The minimum absolute atomic E-state index is 0.0499. The summed E-state index contributed by atoms with van der Waals surface area (Å²) in [5.41, 5.74) is 1.53. The van der Waals surface area contributed by atoms with E-state index >= 15 is 0 Å². The lowest BCUT2D eigenvalue weighted by Crippen LogP contribution is -2.52. The second-order valence-corrected chi connectivity index (χ2v) is 7.40. The van der Waals surface area contributed by atoms with Crippen molar-refractivity contribution in [3.63, 3.8) is 0 Å². The molecule has 154 valence electrons. The Morgan fingerprint density at radius 2 is 1.73 bits per heavy atom. The van der Waals surface area contributed by atoms with E-state index in [9.17, 15) is 4.79 Å². The predicted molar refractivity (Wildman–Crippen MR) is 116 cm³/mol. The van der Waals surface area contributed by atoms with E-state index in [1.807, 2.05) is 47.4 Å². The number of carbonyl (C=O) groups is 1. The largest absolute Gasteiger partial charge is 0.479 e. The van der Waals surface area contributed by atoms with Gasteiger partial charge in [-0.2, -0.15) is 0 Å². The smallest absolute Gasteiger partial charge is 0.263 e. The van der Waals surface area contributed by atoms with E-state index in [2.05, 4.69) is 20.1 Å². The number of halogens is 1. The maximum atomic E-state index is 12.8. The van der Waals surface area contributed by atoms with E-state index in [1.165, 1.54) is 0 Å². The fourth-order valence-corrected chi connectivity index (χ4v) is 3.52. The molecule has 0 bridgehead atoms. The highest BCUT2D eigenvalue weighted by molar-refractivity contribution is 6.32. The zero-order valence-electron chi connectivity index (χ0n) is 16.6. The first-order valence-electron chi connectivity index (χ1n) is 9.82. The third-order valence-corrected chi connectivity index (χ3v) is 5.29. The molecule has 1 unspecified atom stereocenters. The Labute approximate surface area is 180 Å². The van der Waals surface area contributed by atoms with Crippen LogP contribution in [0.2, 0.25) is 5.02 Å². The van der Waals surface area contributed by atoms with Gasteiger partial charge in [-0.1, -0.05) is 29.8 Å². The Hall–Kier alpha value is -3.19. The number of amides is 1. The lowest BCUT2D eigenvalue weighted by atomic mass is 10.2. The molecule has 3 aromatic rings. The molecule has 8 heteroatoms. The molecule has 7 nitrogen and oxygen atoms in total. The zero-order valence-corrected chi connectivity index (χ0v) is 17.4. The summed E-state index contributed by atoms with van der Waals surface area (Å²) in [6.45, 7) is 4.31. The zero-order chi connectivity index (χ0) is 20.9. The molecular weight excluding hydrogens is 402 g/mol. The third-order valence-electron chi connectivity index (χ3n) is 4.98. The number of hydrogen-bond donors (Lipinski definition) is 0. The number of hydrogen-bond acceptors (Lipinski definition) is 6. The van der Waals surface area contributed by atoms with Crippen LogP contribution in [-0.4, -0.2) is 58.3 Å². The molecule has 0 aliphatic carbocycles. The van der Waals surface area contributed by atoms with Gasteiger partial charge in [-0.25, -0.2) is 0 Å². The third kappa shape index (κ3) is 4.52. The quantitative estimate of drug-likeness (QED) is 0.627. The molecule has 1 aromatic carbocycles. The molecule has 1 atom stereocenters. The molecule has 1 aliphatic rings. The molecule has 4 rings (SSSR count). The maximum Gasteiger partial charge on any atom is 0.263 e. The number of rotatable bonds is 5. The van der Waals surface area contributed by atoms with Gasteiger partial charge in [0, 0.05) is 32.4 Å². The first-order valence-corrected chi connectivity index (χ1v) is 10.2. The molecule has 30 heavy (non-hydrogen) atoms. The van der Waals surface area contributed by atoms with Crippen molar-refractivity contribution in [2.24, 2.45) is 0 Å². The van der Waals surface area contributed by atoms with Crippen molar-refractivity contribution in [1.82, 2.24) is 20.1 Å². The molecule has 0 spiro atoms. The van der Waals surface area contributed by atoms with Crippen molar-refractivity contribution in [2.45, 2.75) is 13.0 Å². The highest BCUT2D eigenvalue weighted by Gasteiger charge is 2.27. The average molecular weight is 424 g/mol. The van der Waals surface area contributed by atoms with E-state index < -0.39 is 6.10 Å². The van der Waals surface area contributed by atoms with E-state index in [4.69, 9.17) is 16.3 Å². The summed E-state index contributed by atoms with van der Waals surface area (Å²) in [5.74, 6) is 1.26. The van der Waals surface area contributed by atoms with E-state index in [0.29, 0.717) is 37.0 Å². The van der Waals surface area contributed by atoms with Crippen LogP contribution in [0.5, 0.6) is 5.75 Å². The normalized spacial score (nSPS) is 15.0. The average Bonchev–Trinajstić information content (AvgIpc) is 2.81. The second-order valence-electron chi connectivity index (χ2n) is 6.99. The molecule has 2 aromatic heterocycles. The highest BCUT2D eigenvalue weighted by Crippen LogP contribution is 2.25. The van der Waals surface area contributed by atoms with Crippen LogP contribution in [0, 0.1) is 0 Å². The molecular formula is C22H22ClN5O2. The topological polar surface area (TPSA) is 71.5 Å². The van der Waals surface area contributed by atoms with Crippen LogP contribution < -0.4 is 9.64 Å². The SMILES string of the molecule is CC(Oc1ccccc1Cl)C(=O)N1CCN(c2ccc(-c3ccccn3)nn2)CC1. The van der Waals surface area contributed by atoms with Crippen LogP contribution in [0.25, 0.3) is 11.4 Å². The summed E-state index contributed by atoms with van der Waals surface area (Å²) in [6.07, 6.45) is 1.13. The number of ether oxygens (including phenoxy) is 1. The highest BCUT2D eigenvalue weighted by atomic mass is 35.5. The van der Waals surface area contributed by atoms with Gasteiger partial charge in [0.2, 0.25) is 0 Å². The number of piperazine rings is 1. The van der Waals surface area contributed by atoms with E-state index in [1.54, 1.807) is 25.3 Å². The van der Waals surface area contributed by atoms with Crippen LogP contribution in [0.15, 0.2) is 60.8 Å². The summed E-state index contributed by atoms with van der Waals surface area (Å²) in [5, 5.41) is 9.13. The lowest BCUT2D eigenvalue weighted by Gasteiger charge is -2.36. The number of aromatic nitrogens is 3. The van der Waals surface area contributed by atoms with Gasteiger partial charge in [-0.3, -0.25) is 9.78 Å². The molecule has 1 fully saturated rings. The first-order chi connectivity index (χ1) is 14.6. The van der Waals surface area contributed by atoms with Gasteiger partial charge in [0.15, 0.2) is 11.9 Å². The molecule has 3 heterocycles. The monoisotopic (exact) mass is 423 g/mol. The van der Waals surface area contributed by atoms with Gasteiger partial charge < -0.3 is 14.5 Å². The van der Waals surface area contributed by atoms with Crippen molar-refractivity contribution >= 4 is 23.3 Å². The first kappa shape index (κ1) is 20.1. The molecule has 0 saturated carbocycles. The predicted octanol–water partition coefficient (Wildman–Crippen LogP) is 3.31. The summed E-state index contributed by atoms with van der Waals surface area (Å²) in [7, 11) is 0. The van der Waals surface area contributed by atoms with Gasteiger partial charge in [0.25, 0.3) is 5.91 Å². The van der Waals surface area contributed by atoms with Gasteiger partial charge in [0.05, 0.1) is 10.7 Å². The van der Waals surface area contributed by atoms with Gasteiger partial charge in [0.1, 0.15) is 11.4 Å². The Bertz CT molecular complexity index is 992. The van der Waals surface area contributed by atoms with E-state index in [-0.39, 0.29) is 5.91 Å². The number of pyridine rings is 1. The Morgan fingerprint density at radius 1 is 0.967 bits per heavy atom. The van der Waals surface area contributed by atoms with Crippen molar-refractivity contribution in [1.29, 1.82) is 0 Å². The van der Waals surface area contributed by atoms with Gasteiger partial charge in [-0.05, 0) is 43.3 Å². The van der Waals surface area contributed by atoms with Crippen LogP contribution in [0.1, 0.15) is 6.92 Å².